The number of aliphatic hydroxyl groups is 1. The van der Waals surface area contributed by atoms with Crippen LogP contribution < -0.4 is 5.32 Å². The summed E-state index contributed by atoms with van der Waals surface area (Å²) in [7, 11) is -2.92. The highest BCUT2D eigenvalue weighted by Gasteiger charge is 2.14. The van der Waals surface area contributed by atoms with E-state index in [0.29, 0.717) is 32.8 Å². The topological polar surface area (TPSA) is 78.9 Å². The molecule has 1 unspecified atom stereocenters. The molecule has 7 heteroatoms. The molecule has 0 bridgehead atoms. The standard InChI is InChI=1S/C10H22N2O4S/c1-17(14,15)7-2-11-8-10(13)9-12-3-5-16-6-4-12/h10-11,13H,2-9H2,1H3. The van der Waals surface area contributed by atoms with Crippen LogP contribution in [-0.2, 0) is 14.6 Å². The molecule has 0 aromatic heterocycles. The molecule has 0 saturated carbocycles. The van der Waals surface area contributed by atoms with Crippen LogP contribution in [0.3, 0.4) is 0 Å². The number of rotatable bonds is 7. The summed E-state index contributed by atoms with van der Waals surface area (Å²) in [5.74, 6) is 0.108. The maximum atomic E-state index is 10.9. The van der Waals surface area contributed by atoms with Crippen molar-refractivity contribution in [1.29, 1.82) is 0 Å². The van der Waals surface area contributed by atoms with Crippen molar-refractivity contribution in [3.05, 3.63) is 0 Å². The van der Waals surface area contributed by atoms with Crippen LogP contribution in [0, 0.1) is 0 Å². The molecule has 1 saturated heterocycles. The van der Waals surface area contributed by atoms with Crippen molar-refractivity contribution in [2.24, 2.45) is 0 Å². The zero-order chi connectivity index (χ0) is 12.7. The monoisotopic (exact) mass is 266 g/mol. The number of β-amino-alcohol motifs (C(OH)–C–C–N with tert-alkyl or cyclic N) is 1. The largest absolute Gasteiger partial charge is 0.390 e. The first-order chi connectivity index (χ1) is 7.97. The molecule has 0 aliphatic carbocycles. The Balaban J connectivity index is 2.06. The van der Waals surface area contributed by atoms with Crippen LogP contribution in [0.5, 0.6) is 0 Å². The van der Waals surface area contributed by atoms with Crippen molar-refractivity contribution in [3.8, 4) is 0 Å². The summed E-state index contributed by atoms with van der Waals surface area (Å²) in [4.78, 5) is 2.15. The average Bonchev–Trinajstić information content (AvgIpc) is 2.25. The minimum atomic E-state index is -2.92. The number of nitrogens with one attached hydrogen (secondary N) is 1. The van der Waals surface area contributed by atoms with E-state index in [1.54, 1.807) is 0 Å². The number of hydrogen-bond acceptors (Lipinski definition) is 6. The van der Waals surface area contributed by atoms with Gasteiger partial charge in [-0.05, 0) is 0 Å². The van der Waals surface area contributed by atoms with E-state index < -0.39 is 15.9 Å². The summed E-state index contributed by atoms with van der Waals surface area (Å²) in [6.07, 6.45) is 0.742. The Labute approximate surface area is 103 Å². The van der Waals surface area contributed by atoms with Crippen LogP contribution >= 0.6 is 0 Å². The fourth-order valence-corrected chi connectivity index (χ4v) is 2.19. The van der Waals surface area contributed by atoms with Gasteiger partial charge in [0.2, 0.25) is 0 Å². The van der Waals surface area contributed by atoms with E-state index in [1.165, 1.54) is 6.26 Å². The van der Waals surface area contributed by atoms with Gasteiger partial charge in [0.25, 0.3) is 0 Å². The lowest BCUT2D eigenvalue weighted by atomic mass is 10.3. The first-order valence-corrected chi connectivity index (χ1v) is 7.90. The number of morpholine rings is 1. The normalized spacial score (nSPS) is 20.4. The summed E-state index contributed by atoms with van der Waals surface area (Å²) in [6, 6.07) is 0. The third-order valence-electron chi connectivity index (χ3n) is 2.60. The van der Waals surface area contributed by atoms with Crippen LogP contribution in [0.1, 0.15) is 0 Å². The molecule has 0 aromatic rings. The van der Waals surface area contributed by atoms with Crippen molar-refractivity contribution in [2.75, 3.05) is 57.9 Å². The molecule has 102 valence electrons. The Kier molecular flexibility index (Phi) is 6.35. The van der Waals surface area contributed by atoms with Gasteiger partial charge in [-0.15, -0.1) is 0 Å². The molecule has 0 amide bonds. The quantitative estimate of drug-likeness (QED) is 0.536. The fourth-order valence-electron chi connectivity index (χ4n) is 1.67. The highest BCUT2D eigenvalue weighted by Crippen LogP contribution is 1.98. The van der Waals surface area contributed by atoms with Crippen molar-refractivity contribution < 1.29 is 18.3 Å². The maximum absolute atomic E-state index is 10.9. The predicted octanol–water partition coefficient (Wildman–Crippen LogP) is -1.69. The van der Waals surface area contributed by atoms with Crippen molar-refractivity contribution in [1.82, 2.24) is 10.2 Å². The molecule has 0 spiro atoms. The molecule has 1 atom stereocenters. The van der Waals surface area contributed by atoms with E-state index in [1.807, 2.05) is 0 Å². The lowest BCUT2D eigenvalue weighted by molar-refractivity contribution is 0.0150. The van der Waals surface area contributed by atoms with Gasteiger partial charge in [0, 0.05) is 39.0 Å². The second kappa shape index (κ2) is 7.27. The molecular weight excluding hydrogens is 244 g/mol. The van der Waals surface area contributed by atoms with Gasteiger partial charge in [-0.3, -0.25) is 4.90 Å². The molecule has 1 aliphatic heterocycles. The fraction of sp³-hybridized carbons (Fsp3) is 1.00. The van der Waals surface area contributed by atoms with E-state index >= 15 is 0 Å². The molecule has 1 aliphatic rings. The minimum absolute atomic E-state index is 0.108. The van der Waals surface area contributed by atoms with Gasteiger partial charge in [-0.1, -0.05) is 0 Å². The molecule has 0 aromatic carbocycles. The molecule has 1 fully saturated rings. The summed E-state index contributed by atoms with van der Waals surface area (Å²) in [5.41, 5.74) is 0. The van der Waals surface area contributed by atoms with Gasteiger partial charge in [-0.25, -0.2) is 8.42 Å². The average molecular weight is 266 g/mol. The first-order valence-electron chi connectivity index (χ1n) is 5.84. The van der Waals surface area contributed by atoms with Crippen molar-refractivity contribution in [3.63, 3.8) is 0 Å². The Morgan fingerprint density at radius 3 is 2.65 bits per heavy atom. The number of ether oxygens (including phenoxy) is 1. The predicted molar refractivity (Wildman–Crippen MR) is 65.8 cm³/mol. The Morgan fingerprint density at radius 2 is 2.06 bits per heavy atom. The van der Waals surface area contributed by atoms with Crippen molar-refractivity contribution >= 4 is 9.84 Å². The van der Waals surface area contributed by atoms with Crippen LogP contribution in [0.2, 0.25) is 0 Å². The van der Waals surface area contributed by atoms with E-state index in [2.05, 4.69) is 10.2 Å². The number of aliphatic hydroxyl groups excluding tert-OH is 1. The summed E-state index contributed by atoms with van der Waals surface area (Å²) < 4.78 is 26.9. The summed E-state index contributed by atoms with van der Waals surface area (Å²) in [6.45, 7) is 4.55. The van der Waals surface area contributed by atoms with Gasteiger partial charge in [0.1, 0.15) is 9.84 Å². The third kappa shape index (κ3) is 7.67. The lowest BCUT2D eigenvalue weighted by Crippen LogP contribution is -2.44. The lowest BCUT2D eigenvalue weighted by Gasteiger charge is -2.28. The Hall–Kier alpha value is -0.210. The Bertz CT molecular complexity index is 301. The van der Waals surface area contributed by atoms with E-state index in [-0.39, 0.29) is 5.75 Å². The van der Waals surface area contributed by atoms with Crippen LogP contribution in [-0.4, -0.2) is 82.5 Å². The molecule has 1 rings (SSSR count). The minimum Gasteiger partial charge on any atom is -0.390 e. The highest BCUT2D eigenvalue weighted by atomic mass is 32.2. The van der Waals surface area contributed by atoms with Crippen LogP contribution in [0.15, 0.2) is 0 Å². The van der Waals surface area contributed by atoms with Crippen molar-refractivity contribution in [2.45, 2.75) is 6.10 Å². The van der Waals surface area contributed by atoms with Gasteiger partial charge >= 0.3 is 0 Å². The maximum Gasteiger partial charge on any atom is 0.148 e. The first kappa shape index (κ1) is 14.8. The van der Waals surface area contributed by atoms with Gasteiger partial charge in [0.05, 0.1) is 25.1 Å². The van der Waals surface area contributed by atoms with Gasteiger partial charge in [0.15, 0.2) is 0 Å². The van der Waals surface area contributed by atoms with E-state index in [0.717, 1.165) is 13.1 Å². The zero-order valence-electron chi connectivity index (χ0n) is 10.3. The molecular formula is C10H22N2O4S. The molecule has 17 heavy (non-hydrogen) atoms. The highest BCUT2D eigenvalue weighted by molar-refractivity contribution is 7.90. The van der Waals surface area contributed by atoms with Crippen LogP contribution in [0.25, 0.3) is 0 Å². The second-order valence-corrected chi connectivity index (χ2v) is 6.66. The van der Waals surface area contributed by atoms with Crippen LogP contribution in [0.4, 0.5) is 0 Å². The molecule has 1 heterocycles. The zero-order valence-corrected chi connectivity index (χ0v) is 11.1. The number of sulfone groups is 1. The molecule has 0 radical (unpaired) electrons. The van der Waals surface area contributed by atoms with E-state index in [4.69, 9.17) is 4.74 Å². The number of hydrogen-bond donors (Lipinski definition) is 2. The molecule has 2 N–H and O–H groups in total. The van der Waals surface area contributed by atoms with E-state index in [9.17, 15) is 13.5 Å². The van der Waals surface area contributed by atoms with Gasteiger partial charge in [-0.2, -0.15) is 0 Å². The Morgan fingerprint density at radius 1 is 1.41 bits per heavy atom. The smallest absolute Gasteiger partial charge is 0.148 e. The summed E-state index contributed by atoms with van der Waals surface area (Å²) >= 11 is 0. The SMILES string of the molecule is CS(=O)(=O)CCNCC(O)CN1CCOCC1. The third-order valence-corrected chi connectivity index (χ3v) is 3.55. The second-order valence-electron chi connectivity index (χ2n) is 4.40. The molecule has 6 nitrogen and oxygen atoms in total. The summed E-state index contributed by atoms with van der Waals surface area (Å²) in [5, 5.41) is 12.7. The van der Waals surface area contributed by atoms with Gasteiger partial charge < -0.3 is 15.2 Å². The number of nitrogens with zero attached hydrogens (tertiary/aromatic N) is 1.